The topological polar surface area (TPSA) is 53.3 Å². The highest BCUT2D eigenvalue weighted by Crippen LogP contribution is 2.42. The molecule has 0 radical (unpaired) electrons. The molecule has 0 unspecified atom stereocenters. The van der Waals surface area contributed by atoms with Crippen LogP contribution in [-0.4, -0.2) is 24.0 Å². The molecule has 6 heteroatoms. The molecule has 31 heavy (non-hydrogen) atoms. The van der Waals surface area contributed by atoms with Gasteiger partial charge in [0.25, 0.3) is 5.91 Å². The maximum atomic E-state index is 13.3. The van der Waals surface area contributed by atoms with Gasteiger partial charge in [0.05, 0.1) is 17.7 Å². The Balaban J connectivity index is 1.70. The third-order valence-electron chi connectivity index (χ3n) is 5.53. The monoisotopic (exact) mass is 450 g/mol. The zero-order chi connectivity index (χ0) is 22.0. The number of carbonyl (C=O) groups excluding carboxylic acids is 1. The number of likely N-dealkylation sites (N-methyl/N-ethyl adjacent to an activating group) is 1. The van der Waals surface area contributed by atoms with E-state index in [-0.39, 0.29) is 18.1 Å². The first kappa shape index (κ1) is 21.4. The number of hydrogen-bond acceptors (Lipinski definition) is 3. The van der Waals surface area contributed by atoms with Crippen LogP contribution in [0.4, 0.5) is 0 Å². The minimum absolute atomic E-state index is 0.104. The van der Waals surface area contributed by atoms with Gasteiger partial charge in [-0.25, -0.2) is 0 Å². The third kappa shape index (κ3) is 4.60. The Morgan fingerprint density at radius 2 is 1.58 bits per heavy atom. The molecule has 0 N–H and O–H groups in total. The van der Waals surface area contributed by atoms with Crippen LogP contribution < -0.4 is 0 Å². The molecule has 1 aliphatic heterocycles. The van der Waals surface area contributed by atoms with E-state index in [2.05, 4.69) is 6.07 Å². The Bertz CT molecular complexity index is 1120. The third-order valence-corrected chi connectivity index (χ3v) is 6.03. The van der Waals surface area contributed by atoms with Crippen molar-refractivity contribution in [3.8, 4) is 6.07 Å². The van der Waals surface area contributed by atoms with Crippen LogP contribution in [0, 0.1) is 11.3 Å². The lowest BCUT2D eigenvalue weighted by Crippen LogP contribution is -2.49. The second-order valence-corrected chi connectivity index (χ2v) is 8.43. The first-order chi connectivity index (χ1) is 15.0. The zero-order valence-corrected chi connectivity index (χ0v) is 18.3. The Labute approximate surface area is 191 Å². The number of amides is 1. The lowest BCUT2D eigenvalue weighted by Gasteiger charge is -2.43. The number of carbonyl (C=O) groups is 1. The number of halogens is 2. The molecule has 4 nitrogen and oxygen atoms in total. The van der Waals surface area contributed by atoms with Gasteiger partial charge in [-0.2, -0.15) is 5.26 Å². The Hall–Kier alpha value is -2.84. The minimum atomic E-state index is -0.664. The largest absolute Gasteiger partial charge is 0.358 e. The Morgan fingerprint density at radius 3 is 2.19 bits per heavy atom. The van der Waals surface area contributed by atoms with Gasteiger partial charge in [0.2, 0.25) is 0 Å². The van der Waals surface area contributed by atoms with Gasteiger partial charge in [-0.1, -0.05) is 59.6 Å². The summed E-state index contributed by atoms with van der Waals surface area (Å²) in [6, 6.07) is 24.0. The van der Waals surface area contributed by atoms with Crippen molar-refractivity contribution in [1.29, 1.82) is 5.26 Å². The number of nitrogens with zero attached hydrogens (tertiary/aromatic N) is 2. The van der Waals surface area contributed by atoms with Crippen LogP contribution in [0.3, 0.4) is 0 Å². The molecule has 1 saturated heterocycles. The predicted octanol–water partition coefficient (Wildman–Crippen LogP) is 5.75. The average Bonchev–Trinajstić information content (AvgIpc) is 2.78. The fourth-order valence-corrected chi connectivity index (χ4v) is 4.22. The van der Waals surface area contributed by atoms with Crippen molar-refractivity contribution >= 4 is 29.1 Å². The summed E-state index contributed by atoms with van der Waals surface area (Å²) in [6.45, 7) is 0. The molecule has 1 fully saturated rings. The molecule has 0 spiro atoms. The number of ether oxygens (including phenoxy) is 1. The van der Waals surface area contributed by atoms with E-state index >= 15 is 0 Å². The van der Waals surface area contributed by atoms with Crippen molar-refractivity contribution in [3.63, 3.8) is 0 Å². The average molecular weight is 451 g/mol. The summed E-state index contributed by atoms with van der Waals surface area (Å²) in [5, 5.41) is 10.4. The molecule has 3 aromatic carbocycles. The summed E-state index contributed by atoms with van der Waals surface area (Å²) in [5.74, 6) is -0.104. The molecule has 4 rings (SSSR count). The summed E-state index contributed by atoms with van der Waals surface area (Å²) in [7, 11) is 1.80. The highest BCUT2D eigenvalue weighted by molar-refractivity contribution is 6.30. The van der Waals surface area contributed by atoms with Crippen molar-refractivity contribution < 1.29 is 9.53 Å². The van der Waals surface area contributed by atoms with Gasteiger partial charge in [-0.05, 0) is 53.1 Å². The predicted molar refractivity (Wildman–Crippen MR) is 121 cm³/mol. The first-order valence-corrected chi connectivity index (χ1v) is 10.6. The van der Waals surface area contributed by atoms with Gasteiger partial charge in [-0.15, -0.1) is 0 Å². The van der Waals surface area contributed by atoms with Crippen LogP contribution in [0.25, 0.3) is 0 Å². The number of benzene rings is 3. The summed E-state index contributed by atoms with van der Waals surface area (Å²) < 4.78 is 6.42. The van der Waals surface area contributed by atoms with Crippen LogP contribution in [0.5, 0.6) is 0 Å². The summed E-state index contributed by atoms with van der Waals surface area (Å²) in [4.78, 5) is 15.0. The SMILES string of the molecule is CN1C(=O)[C@H](Cc2cccc(C#N)c2)O[C@@H](c2ccc(Cl)cc2)[C@H]1c1ccc(Cl)cc1. The lowest BCUT2D eigenvalue weighted by atomic mass is 9.91. The molecule has 1 heterocycles. The van der Waals surface area contributed by atoms with Crippen LogP contribution in [-0.2, 0) is 16.0 Å². The normalized spacial score (nSPS) is 21.0. The molecule has 3 atom stereocenters. The molecule has 156 valence electrons. The summed E-state index contributed by atoms with van der Waals surface area (Å²) >= 11 is 12.2. The highest BCUT2D eigenvalue weighted by atomic mass is 35.5. The summed E-state index contributed by atoms with van der Waals surface area (Å²) in [6.07, 6.45) is -0.663. The fraction of sp³-hybridized carbons (Fsp3) is 0.200. The standard InChI is InChI=1S/C25H20Cl2N2O2/c1-29-23(18-5-9-20(26)10-6-18)24(19-7-11-21(27)12-8-19)31-22(25(29)30)14-16-3-2-4-17(13-16)15-28/h2-13,22-24H,14H2,1H3/t22-,23+,24-/m0/s1. The lowest BCUT2D eigenvalue weighted by molar-refractivity contribution is -0.171. The first-order valence-electron chi connectivity index (χ1n) is 9.88. The van der Waals surface area contributed by atoms with E-state index in [1.807, 2.05) is 60.7 Å². The number of morpholine rings is 1. The fourth-order valence-electron chi connectivity index (χ4n) is 3.97. The second kappa shape index (κ2) is 9.11. The van der Waals surface area contributed by atoms with Crippen molar-refractivity contribution in [2.24, 2.45) is 0 Å². The maximum absolute atomic E-state index is 13.3. The molecular weight excluding hydrogens is 431 g/mol. The van der Waals surface area contributed by atoms with E-state index in [9.17, 15) is 10.1 Å². The zero-order valence-electron chi connectivity index (χ0n) is 16.8. The maximum Gasteiger partial charge on any atom is 0.252 e. The van der Waals surface area contributed by atoms with E-state index in [4.69, 9.17) is 27.9 Å². The van der Waals surface area contributed by atoms with Gasteiger partial charge in [0.15, 0.2) is 0 Å². The van der Waals surface area contributed by atoms with Gasteiger partial charge >= 0.3 is 0 Å². The molecule has 0 bridgehead atoms. The van der Waals surface area contributed by atoms with Gasteiger partial charge < -0.3 is 9.64 Å². The highest BCUT2D eigenvalue weighted by Gasteiger charge is 2.42. The van der Waals surface area contributed by atoms with Gasteiger partial charge in [-0.3, -0.25) is 4.79 Å². The molecule has 0 saturated carbocycles. The molecule has 1 amide bonds. The van der Waals surface area contributed by atoms with Crippen LogP contribution >= 0.6 is 23.2 Å². The molecule has 1 aliphatic rings. The van der Waals surface area contributed by atoms with Crippen molar-refractivity contribution in [3.05, 3.63) is 105 Å². The van der Waals surface area contributed by atoms with Crippen molar-refractivity contribution in [1.82, 2.24) is 4.90 Å². The van der Waals surface area contributed by atoms with E-state index in [1.54, 1.807) is 24.1 Å². The molecular formula is C25H20Cl2N2O2. The van der Waals surface area contributed by atoms with E-state index in [1.165, 1.54) is 0 Å². The number of hydrogen-bond donors (Lipinski definition) is 0. The Kier molecular flexibility index (Phi) is 6.29. The van der Waals surface area contributed by atoms with Crippen LogP contribution in [0.15, 0.2) is 72.8 Å². The molecule has 0 aliphatic carbocycles. The quantitative estimate of drug-likeness (QED) is 0.508. The van der Waals surface area contributed by atoms with E-state index in [0.717, 1.165) is 16.7 Å². The van der Waals surface area contributed by atoms with Crippen molar-refractivity contribution in [2.75, 3.05) is 7.05 Å². The summed E-state index contributed by atoms with van der Waals surface area (Å²) in [5.41, 5.74) is 3.30. The number of rotatable bonds is 4. The smallest absolute Gasteiger partial charge is 0.252 e. The minimum Gasteiger partial charge on any atom is -0.358 e. The number of nitriles is 1. The van der Waals surface area contributed by atoms with Crippen LogP contribution in [0.2, 0.25) is 10.0 Å². The van der Waals surface area contributed by atoms with Crippen molar-refractivity contribution in [2.45, 2.75) is 24.7 Å². The molecule has 0 aromatic heterocycles. The van der Waals surface area contributed by atoms with Crippen LogP contribution in [0.1, 0.15) is 34.4 Å². The Morgan fingerprint density at radius 1 is 0.968 bits per heavy atom. The second-order valence-electron chi connectivity index (χ2n) is 7.56. The van der Waals surface area contributed by atoms with Gasteiger partial charge in [0, 0.05) is 23.5 Å². The van der Waals surface area contributed by atoms with Gasteiger partial charge in [0.1, 0.15) is 12.2 Å². The molecule has 3 aromatic rings. The van der Waals surface area contributed by atoms with E-state index in [0.29, 0.717) is 22.0 Å². The van der Waals surface area contributed by atoms with E-state index < -0.39 is 6.10 Å².